The number of fused-ring (bicyclic) bond motifs is 1. The van der Waals surface area contributed by atoms with Crippen LogP contribution in [0.5, 0.6) is 0 Å². The Labute approximate surface area is 154 Å². The van der Waals surface area contributed by atoms with Crippen molar-refractivity contribution in [1.29, 1.82) is 0 Å². The molecule has 0 bridgehead atoms. The van der Waals surface area contributed by atoms with Crippen molar-refractivity contribution in [3.8, 4) is 0 Å². The van der Waals surface area contributed by atoms with Crippen LogP contribution in [0.4, 0.5) is 0 Å². The number of nitrogens with one attached hydrogen (secondary N) is 1. The van der Waals surface area contributed by atoms with Crippen molar-refractivity contribution < 1.29 is 4.79 Å². The number of hydrogen-bond acceptors (Lipinski definition) is 3. The zero-order valence-electron chi connectivity index (χ0n) is 13.4. The Morgan fingerprint density at radius 3 is 2.54 bits per heavy atom. The van der Waals surface area contributed by atoms with E-state index >= 15 is 0 Å². The topological polar surface area (TPSA) is 68.0 Å². The summed E-state index contributed by atoms with van der Waals surface area (Å²) >= 11 is 0. The van der Waals surface area contributed by atoms with Gasteiger partial charge in [0, 0.05) is 29.6 Å². The molecule has 0 radical (unpaired) electrons. The zero-order valence-corrected chi connectivity index (χ0v) is 15.0. The summed E-state index contributed by atoms with van der Waals surface area (Å²) in [5, 5.41) is 4.06. The van der Waals surface area contributed by atoms with Gasteiger partial charge in [-0.05, 0) is 43.7 Å². The first-order valence-electron chi connectivity index (χ1n) is 8.17. The van der Waals surface area contributed by atoms with Crippen molar-refractivity contribution in [3.63, 3.8) is 0 Å². The fourth-order valence-electron chi connectivity index (χ4n) is 3.09. The number of nitrogens with two attached hydrogens (primary N) is 1. The minimum atomic E-state index is -0.0112. The van der Waals surface area contributed by atoms with Crippen LogP contribution in [0.3, 0.4) is 0 Å². The minimum Gasteiger partial charge on any atom is -0.348 e. The monoisotopic (exact) mass is 367 g/mol. The maximum atomic E-state index is 12.8. The molecule has 0 saturated heterocycles. The van der Waals surface area contributed by atoms with Gasteiger partial charge in [0.15, 0.2) is 0 Å². The van der Waals surface area contributed by atoms with Gasteiger partial charge in [-0.3, -0.25) is 9.78 Å². The highest BCUT2D eigenvalue weighted by Gasteiger charge is 2.32. The minimum absolute atomic E-state index is 0. The van der Waals surface area contributed by atoms with Crippen LogP contribution in [-0.2, 0) is 0 Å². The second-order valence-electron chi connectivity index (χ2n) is 6.54. The highest BCUT2D eigenvalue weighted by molar-refractivity contribution is 6.06. The Hall–Kier alpha value is -1.36. The quantitative estimate of drug-likeness (QED) is 0.850. The summed E-state index contributed by atoms with van der Waals surface area (Å²) in [7, 11) is 0. The van der Waals surface area contributed by atoms with Crippen LogP contribution in [0.2, 0.25) is 0 Å². The van der Waals surface area contributed by atoms with E-state index in [1.54, 1.807) is 0 Å². The van der Waals surface area contributed by atoms with Crippen LogP contribution < -0.4 is 11.1 Å². The zero-order chi connectivity index (χ0) is 15.1. The van der Waals surface area contributed by atoms with Gasteiger partial charge in [0.1, 0.15) is 0 Å². The van der Waals surface area contributed by atoms with Gasteiger partial charge in [0.05, 0.1) is 11.1 Å². The third kappa shape index (κ3) is 3.82. The van der Waals surface area contributed by atoms with Gasteiger partial charge in [-0.2, -0.15) is 0 Å². The molecule has 1 atom stereocenters. The molecule has 6 heteroatoms. The van der Waals surface area contributed by atoms with Crippen LogP contribution in [-0.4, -0.2) is 23.5 Å². The number of rotatable bonds is 5. The Bertz CT molecular complexity index is 729. The summed E-state index contributed by atoms with van der Waals surface area (Å²) in [6.07, 6.45) is 4.71. The van der Waals surface area contributed by atoms with Gasteiger partial charge in [-0.1, -0.05) is 18.2 Å². The smallest absolute Gasteiger partial charge is 0.252 e. The molecule has 2 fully saturated rings. The molecule has 2 aliphatic rings. The predicted molar refractivity (Wildman–Crippen MR) is 101 cm³/mol. The highest BCUT2D eigenvalue weighted by Crippen LogP contribution is 2.40. The third-order valence-corrected chi connectivity index (χ3v) is 4.74. The molecule has 1 aromatic heterocycles. The number of pyridine rings is 1. The first-order chi connectivity index (χ1) is 10.8. The molecule has 1 heterocycles. The van der Waals surface area contributed by atoms with E-state index in [9.17, 15) is 4.79 Å². The fourth-order valence-corrected chi connectivity index (χ4v) is 3.09. The van der Waals surface area contributed by atoms with E-state index in [0.29, 0.717) is 18.4 Å². The average molecular weight is 368 g/mol. The number of halogens is 2. The molecule has 2 aromatic rings. The van der Waals surface area contributed by atoms with E-state index in [0.717, 1.165) is 22.2 Å². The second kappa shape index (κ2) is 7.68. The highest BCUT2D eigenvalue weighted by atomic mass is 35.5. The van der Waals surface area contributed by atoms with Crippen molar-refractivity contribution in [3.05, 3.63) is 41.6 Å². The van der Waals surface area contributed by atoms with Gasteiger partial charge >= 0.3 is 0 Å². The number of para-hydroxylation sites is 1. The largest absolute Gasteiger partial charge is 0.348 e. The number of carbonyl (C=O) groups is 1. The van der Waals surface area contributed by atoms with E-state index in [1.165, 1.54) is 25.7 Å². The molecular weight excluding hydrogens is 345 g/mol. The number of hydrogen-bond donors (Lipinski definition) is 2. The summed E-state index contributed by atoms with van der Waals surface area (Å²) < 4.78 is 0. The van der Waals surface area contributed by atoms with Crippen LogP contribution in [0.15, 0.2) is 30.3 Å². The number of aromatic nitrogens is 1. The lowest BCUT2D eigenvalue weighted by molar-refractivity contribution is 0.0935. The van der Waals surface area contributed by atoms with Gasteiger partial charge < -0.3 is 11.1 Å². The Kier molecular flexibility index (Phi) is 6.07. The van der Waals surface area contributed by atoms with Crippen molar-refractivity contribution in [2.45, 2.75) is 37.6 Å². The van der Waals surface area contributed by atoms with Crippen molar-refractivity contribution in [2.75, 3.05) is 6.54 Å². The molecule has 24 heavy (non-hydrogen) atoms. The van der Waals surface area contributed by atoms with E-state index < -0.39 is 0 Å². The molecule has 130 valence electrons. The first-order valence-corrected chi connectivity index (χ1v) is 8.17. The Morgan fingerprint density at radius 1 is 1.21 bits per heavy atom. The molecule has 2 aliphatic carbocycles. The third-order valence-electron chi connectivity index (χ3n) is 4.74. The first kappa shape index (κ1) is 19.0. The van der Waals surface area contributed by atoms with Gasteiger partial charge in [-0.15, -0.1) is 24.8 Å². The second-order valence-corrected chi connectivity index (χ2v) is 6.54. The van der Waals surface area contributed by atoms with Gasteiger partial charge in [0.25, 0.3) is 5.91 Å². The lowest BCUT2D eigenvalue weighted by Gasteiger charge is -2.17. The molecular formula is C18H23Cl2N3O. The standard InChI is InChI=1S/C18H21N3O.2ClH/c19-10-17(12-7-8-12)21-18(22)14-9-16(11-5-6-11)20-15-4-2-1-3-13(14)15;;/h1-4,9,11-12,17H,5-8,10,19H2,(H,21,22);2*1H. The Balaban J connectivity index is 0.00000104. The predicted octanol–water partition coefficient (Wildman–Crippen LogP) is 3.42. The maximum absolute atomic E-state index is 12.8. The summed E-state index contributed by atoms with van der Waals surface area (Å²) in [5.74, 6) is 1.08. The number of benzene rings is 1. The fraction of sp³-hybridized carbons (Fsp3) is 0.444. The summed E-state index contributed by atoms with van der Waals surface area (Å²) in [6.45, 7) is 0.509. The molecule has 1 amide bonds. The van der Waals surface area contributed by atoms with E-state index in [2.05, 4.69) is 5.32 Å². The van der Waals surface area contributed by atoms with Crippen LogP contribution in [0.25, 0.3) is 10.9 Å². The summed E-state index contributed by atoms with van der Waals surface area (Å²) in [5.41, 5.74) is 8.52. The molecule has 0 aliphatic heterocycles. The van der Waals surface area contributed by atoms with Crippen LogP contribution >= 0.6 is 24.8 Å². The lowest BCUT2D eigenvalue weighted by atomic mass is 10.0. The van der Waals surface area contributed by atoms with E-state index in [1.807, 2.05) is 30.3 Å². The van der Waals surface area contributed by atoms with E-state index in [4.69, 9.17) is 10.7 Å². The van der Waals surface area contributed by atoms with Crippen LogP contribution in [0.1, 0.15) is 47.7 Å². The molecule has 3 N–H and O–H groups in total. The molecule has 1 unspecified atom stereocenters. The normalized spacial score (nSPS) is 17.5. The van der Waals surface area contributed by atoms with Gasteiger partial charge in [-0.25, -0.2) is 0 Å². The molecule has 1 aromatic carbocycles. The Morgan fingerprint density at radius 2 is 1.92 bits per heavy atom. The van der Waals surface area contributed by atoms with Crippen LogP contribution in [0, 0.1) is 5.92 Å². The SMILES string of the molecule is Cl.Cl.NCC(NC(=O)c1cc(C2CC2)nc2ccccc12)C1CC1. The average Bonchev–Trinajstić information content (AvgIpc) is 3.42. The van der Waals surface area contributed by atoms with Crippen molar-refractivity contribution in [1.82, 2.24) is 10.3 Å². The summed E-state index contributed by atoms with van der Waals surface area (Å²) in [6, 6.07) is 9.97. The molecule has 0 spiro atoms. The molecule has 2 saturated carbocycles. The van der Waals surface area contributed by atoms with Crippen molar-refractivity contribution >= 4 is 41.6 Å². The number of carbonyl (C=O) groups excluding carboxylic acids is 1. The maximum Gasteiger partial charge on any atom is 0.252 e. The number of amides is 1. The number of nitrogens with zero attached hydrogens (tertiary/aromatic N) is 1. The lowest BCUT2D eigenvalue weighted by Crippen LogP contribution is -2.41. The van der Waals surface area contributed by atoms with Gasteiger partial charge in [0.2, 0.25) is 0 Å². The van der Waals surface area contributed by atoms with Crippen molar-refractivity contribution in [2.24, 2.45) is 11.7 Å². The molecule has 4 rings (SSSR count). The van der Waals surface area contributed by atoms with E-state index in [-0.39, 0.29) is 36.8 Å². The molecule has 4 nitrogen and oxygen atoms in total. The summed E-state index contributed by atoms with van der Waals surface area (Å²) in [4.78, 5) is 17.5.